The zero-order valence-electron chi connectivity index (χ0n) is 13.2. The molecule has 1 aromatic rings. The number of rotatable bonds is 9. The van der Waals surface area contributed by atoms with Crippen LogP contribution in [0.1, 0.15) is 20.3 Å². The molecule has 0 aliphatic heterocycles. The topological polar surface area (TPSA) is 111 Å². The Morgan fingerprint density at radius 2 is 1.91 bits per heavy atom. The van der Waals surface area contributed by atoms with Crippen molar-refractivity contribution in [2.24, 2.45) is 5.73 Å². The van der Waals surface area contributed by atoms with Gasteiger partial charge in [-0.15, -0.1) is 12.4 Å². The van der Waals surface area contributed by atoms with Crippen molar-refractivity contribution in [2.75, 3.05) is 19.7 Å². The van der Waals surface area contributed by atoms with Crippen molar-refractivity contribution in [3.05, 3.63) is 24.3 Å². The van der Waals surface area contributed by atoms with E-state index in [0.29, 0.717) is 18.9 Å². The number of hydrogen-bond donors (Lipinski definition) is 3. The van der Waals surface area contributed by atoms with E-state index in [1.807, 2.05) is 6.92 Å². The third-order valence-corrected chi connectivity index (χ3v) is 4.33. The summed E-state index contributed by atoms with van der Waals surface area (Å²) in [5, 5.41) is 2.66. The molecule has 23 heavy (non-hydrogen) atoms. The molecule has 0 saturated carbocycles. The van der Waals surface area contributed by atoms with Gasteiger partial charge in [-0.1, -0.05) is 0 Å². The van der Waals surface area contributed by atoms with Crippen LogP contribution in [-0.4, -0.2) is 40.1 Å². The van der Waals surface area contributed by atoms with E-state index >= 15 is 0 Å². The Bertz CT molecular complexity index is 578. The lowest BCUT2D eigenvalue weighted by atomic mass is 10.3. The lowest BCUT2D eigenvalue weighted by molar-refractivity contribution is -0.121. The van der Waals surface area contributed by atoms with Crippen molar-refractivity contribution in [1.82, 2.24) is 10.0 Å². The summed E-state index contributed by atoms with van der Waals surface area (Å²) < 4.78 is 31.8. The minimum Gasteiger partial charge on any atom is -0.494 e. The van der Waals surface area contributed by atoms with Crippen LogP contribution in [-0.2, 0) is 14.8 Å². The molecular weight excluding hydrogens is 342 g/mol. The van der Waals surface area contributed by atoms with Crippen LogP contribution >= 0.6 is 12.4 Å². The van der Waals surface area contributed by atoms with Crippen molar-refractivity contribution in [2.45, 2.75) is 31.2 Å². The molecule has 0 unspecified atom stereocenters. The first kappa shape index (κ1) is 21.6. The molecule has 0 bridgehead atoms. The Labute approximate surface area is 143 Å². The Kier molecular flexibility index (Phi) is 9.82. The second-order valence-corrected chi connectivity index (χ2v) is 6.52. The van der Waals surface area contributed by atoms with E-state index in [0.717, 1.165) is 0 Å². The minimum atomic E-state index is -3.63. The number of halogens is 1. The van der Waals surface area contributed by atoms with E-state index in [4.69, 9.17) is 10.5 Å². The van der Waals surface area contributed by atoms with E-state index in [-0.39, 0.29) is 42.2 Å². The maximum atomic E-state index is 12.1. The molecule has 0 fully saturated rings. The van der Waals surface area contributed by atoms with Crippen molar-refractivity contribution < 1.29 is 17.9 Å². The number of nitrogens with two attached hydrogens (primary N) is 1. The van der Waals surface area contributed by atoms with Crippen LogP contribution in [0.2, 0.25) is 0 Å². The highest BCUT2D eigenvalue weighted by molar-refractivity contribution is 7.89. The largest absolute Gasteiger partial charge is 0.494 e. The van der Waals surface area contributed by atoms with Gasteiger partial charge in [-0.25, -0.2) is 13.1 Å². The first-order chi connectivity index (χ1) is 10.4. The molecular formula is C14H24ClN3O4S. The quantitative estimate of drug-likeness (QED) is 0.594. The average Bonchev–Trinajstić information content (AvgIpc) is 2.47. The number of ether oxygens (including phenoxy) is 1. The number of amides is 1. The van der Waals surface area contributed by atoms with Crippen molar-refractivity contribution >= 4 is 28.3 Å². The highest BCUT2D eigenvalue weighted by Gasteiger charge is 2.14. The average molecular weight is 366 g/mol. The van der Waals surface area contributed by atoms with Crippen LogP contribution in [0.25, 0.3) is 0 Å². The standard InChI is InChI=1S/C14H23N3O4S.ClH/c1-3-21-12-4-6-13(7-5-12)22(19,20)16-9-8-14(18)17-11(2)10-15;/h4-7,11,16H,3,8-10,15H2,1-2H3,(H,17,18);1H/t11-;/m0./s1. The number of hydrogen-bond acceptors (Lipinski definition) is 5. The van der Waals surface area contributed by atoms with Crippen LogP contribution in [0.5, 0.6) is 5.75 Å². The molecule has 4 N–H and O–H groups in total. The van der Waals surface area contributed by atoms with E-state index in [1.165, 1.54) is 12.1 Å². The van der Waals surface area contributed by atoms with Crippen LogP contribution in [0, 0.1) is 0 Å². The van der Waals surface area contributed by atoms with Gasteiger partial charge in [0.2, 0.25) is 15.9 Å². The molecule has 9 heteroatoms. The molecule has 1 rings (SSSR count). The fourth-order valence-corrected chi connectivity index (χ4v) is 2.70. The summed E-state index contributed by atoms with van der Waals surface area (Å²) in [4.78, 5) is 11.7. The summed E-state index contributed by atoms with van der Waals surface area (Å²) in [5.74, 6) is 0.365. The SMILES string of the molecule is CCOc1ccc(S(=O)(=O)NCCC(=O)N[C@@H](C)CN)cc1.Cl. The summed E-state index contributed by atoms with van der Waals surface area (Å²) in [6, 6.07) is 5.98. The summed E-state index contributed by atoms with van der Waals surface area (Å²) >= 11 is 0. The molecule has 0 saturated heterocycles. The zero-order valence-corrected chi connectivity index (χ0v) is 14.9. The molecule has 1 aromatic carbocycles. The monoisotopic (exact) mass is 365 g/mol. The molecule has 1 amide bonds. The second kappa shape index (κ2) is 10.4. The highest BCUT2D eigenvalue weighted by atomic mass is 35.5. The van der Waals surface area contributed by atoms with Crippen LogP contribution in [0.15, 0.2) is 29.2 Å². The summed E-state index contributed by atoms with van der Waals surface area (Å²) in [5.41, 5.74) is 5.39. The van der Waals surface area contributed by atoms with Gasteiger partial charge in [0.05, 0.1) is 11.5 Å². The van der Waals surface area contributed by atoms with Crippen LogP contribution in [0.4, 0.5) is 0 Å². The highest BCUT2D eigenvalue weighted by Crippen LogP contribution is 2.15. The number of benzene rings is 1. The third kappa shape index (κ3) is 7.65. The lowest BCUT2D eigenvalue weighted by Gasteiger charge is -2.11. The fraction of sp³-hybridized carbons (Fsp3) is 0.500. The number of carbonyl (C=O) groups is 1. The van der Waals surface area contributed by atoms with Gasteiger partial charge in [0.1, 0.15) is 5.75 Å². The molecule has 0 radical (unpaired) electrons. The van der Waals surface area contributed by atoms with E-state index in [9.17, 15) is 13.2 Å². The van der Waals surface area contributed by atoms with Gasteiger partial charge in [0, 0.05) is 25.6 Å². The van der Waals surface area contributed by atoms with E-state index < -0.39 is 10.0 Å². The van der Waals surface area contributed by atoms with Gasteiger partial charge in [0.15, 0.2) is 0 Å². The van der Waals surface area contributed by atoms with Gasteiger partial charge in [0.25, 0.3) is 0 Å². The molecule has 0 aromatic heterocycles. The Balaban J connectivity index is 0.00000484. The molecule has 0 aliphatic carbocycles. The summed E-state index contributed by atoms with van der Waals surface area (Å²) in [7, 11) is -3.63. The number of sulfonamides is 1. The van der Waals surface area contributed by atoms with Gasteiger partial charge in [-0.05, 0) is 38.1 Å². The van der Waals surface area contributed by atoms with E-state index in [2.05, 4.69) is 10.0 Å². The Hall–Kier alpha value is -1.35. The second-order valence-electron chi connectivity index (χ2n) is 4.76. The Morgan fingerprint density at radius 3 is 2.43 bits per heavy atom. The predicted octanol–water partition coefficient (Wildman–Crippen LogP) is 0.639. The lowest BCUT2D eigenvalue weighted by Crippen LogP contribution is -2.39. The van der Waals surface area contributed by atoms with Gasteiger partial charge in [-0.3, -0.25) is 4.79 Å². The van der Waals surface area contributed by atoms with Gasteiger partial charge in [-0.2, -0.15) is 0 Å². The Morgan fingerprint density at radius 1 is 1.30 bits per heavy atom. The first-order valence-corrected chi connectivity index (χ1v) is 8.59. The summed E-state index contributed by atoms with van der Waals surface area (Å²) in [6.07, 6.45) is 0.0562. The predicted molar refractivity (Wildman–Crippen MR) is 91.3 cm³/mol. The maximum absolute atomic E-state index is 12.1. The smallest absolute Gasteiger partial charge is 0.240 e. The third-order valence-electron chi connectivity index (χ3n) is 2.85. The number of carbonyl (C=O) groups excluding carboxylic acids is 1. The molecule has 0 heterocycles. The molecule has 0 aliphatic rings. The normalized spacial score (nSPS) is 12.1. The molecule has 0 spiro atoms. The van der Waals surface area contributed by atoms with Gasteiger partial charge >= 0.3 is 0 Å². The molecule has 7 nitrogen and oxygen atoms in total. The van der Waals surface area contributed by atoms with Crippen molar-refractivity contribution in [3.8, 4) is 5.75 Å². The number of nitrogens with one attached hydrogen (secondary N) is 2. The van der Waals surface area contributed by atoms with E-state index in [1.54, 1.807) is 19.1 Å². The zero-order chi connectivity index (χ0) is 16.6. The molecule has 132 valence electrons. The van der Waals surface area contributed by atoms with Crippen molar-refractivity contribution in [3.63, 3.8) is 0 Å². The van der Waals surface area contributed by atoms with Crippen molar-refractivity contribution in [1.29, 1.82) is 0 Å². The summed E-state index contributed by atoms with van der Waals surface area (Å²) in [6.45, 7) is 4.51. The fourth-order valence-electron chi connectivity index (χ4n) is 1.67. The first-order valence-electron chi connectivity index (χ1n) is 7.11. The maximum Gasteiger partial charge on any atom is 0.240 e. The molecule has 1 atom stereocenters. The minimum absolute atomic E-state index is 0. The van der Waals surface area contributed by atoms with Crippen LogP contribution < -0.4 is 20.5 Å². The van der Waals surface area contributed by atoms with Crippen LogP contribution in [0.3, 0.4) is 0 Å². The van der Waals surface area contributed by atoms with Gasteiger partial charge < -0.3 is 15.8 Å².